The van der Waals surface area contributed by atoms with E-state index in [4.69, 9.17) is 4.74 Å². The molecule has 6 rings (SSSR count). The zero-order valence-corrected chi connectivity index (χ0v) is 25.7. The van der Waals surface area contributed by atoms with Gasteiger partial charge in [0.15, 0.2) is 0 Å². The van der Waals surface area contributed by atoms with E-state index in [1.165, 1.54) is 12.1 Å². The summed E-state index contributed by atoms with van der Waals surface area (Å²) in [6.07, 6.45) is -4.69. The van der Waals surface area contributed by atoms with Crippen LogP contribution in [-0.4, -0.2) is 64.9 Å². The molecule has 1 aliphatic heterocycles. The smallest absolute Gasteiger partial charge is 0.416 e. The number of carbonyl (C=O) groups excluding carboxylic acids is 2. The number of urea groups is 1. The number of hydrogen-bond donors (Lipinski definition) is 4. The van der Waals surface area contributed by atoms with E-state index in [1.807, 2.05) is 12.1 Å². The number of halogens is 4. The lowest BCUT2D eigenvalue weighted by Crippen LogP contribution is -2.43. The molecule has 1 aromatic heterocycles. The normalized spacial score (nSPS) is 14.1. The summed E-state index contributed by atoms with van der Waals surface area (Å²) in [7, 11) is 2.12. The largest absolute Gasteiger partial charge is 0.457 e. The highest BCUT2D eigenvalue weighted by molar-refractivity contribution is 6.04. The number of likely N-dealkylation sites (N-methyl/N-ethyl adjacent to an activating group) is 1. The highest BCUT2D eigenvalue weighted by Crippen LogP contribution is 2.32. The second-order valence-corrected chi connectivity index (χ2v) is 11.4. The predicted molar refractivity (Wildman–Crippen MR) is 174 cm³/mol. The fourth-order valence-electron chi connectivity index (χ4n) is 5.14. The number of hydrogen-bond acceptors (Lipinski definition) is 6. The van der Waals surface area contributed by atoms with E-state index in [1.54, 1.807) is 42.5 Å². The highest BCUT2D eigenvalue weighted by Gasteiger charge is 2.31. The van der Waals surface area contributed by atoms with Gasteiger partial charge in [-0.15, -0.1) is 0 Å². The third-order valence-corrected chi connectivity index (χ3v) is 7.79. The molecule has 3 amide bonds. The van der Waals surface area contributed by atoms with E-state index in [2.05, 4.69) is 42.8 Å². The first-order valence-electron chi connectivity index (χ1n) is 15.0. The number of carbonyl (C=O) groups is 2. The molecule has 0 atom stereocenters. The number of aromatic nitrogens is 2. The van der Waals surface area contributed by atoms with Crippen LogP contribution in [0.3, 0.4) is 0 Å². The van der Waals surface area contributed by atoms with Gasteiger partial charge in [-0.25, -0.2) is 14.2 Å². The van der Waals surface area contributed by atoms with Crippen molar-refractivity contribution in [2.45, 2.75) is 12.7 Å². The van der Waals surface area contributed by atoms with Gasteiger partial charge in [0.2, 0.25) is 5.95 Å². The zero-order chi connectivity index (χ0) is 33.8. The van der Waals surface area contributed by atoms with Gasteiger partial charge in [0.25, 0.3) is 5.91 Å². The molecule has 10 nitrogen and oxygen atoms in total. The molecule has 248 valence electrons. The molecule has 0 radical (unpaired) electrons. The van der Waals surface area contributed by atoms with Crippen molar-refractivity contribution in [1.82, 2.24) is 19.8 Å². The van der Waals surface area contributed by atoms with E-state index in [9.17, 15) is 27.2 Å². The van der Waals surface area contributed by atoms with E-state index in [-0.39, 0.29) is 11.9 Å². The van der Waals surface area contributed by atoms with Gasteiger partial charge >= 0.3 is 12.2 Å². The highest BCUT2D eigenvalue weighted by atomic mass is 19.4. The van der Waals surface area contributed by atoms with E-state index in [0.29, 0.717) is 52.0 Å². The van der Waals surface area contributed by atoms with Crippen LogP contribution in [0.15, 0.2) is 84.9 Å². The summed E-state index contributed by atoms with van der Waals surface area (Å²) in [5.41, 5.74) is 1.50. The molecule has 0 unspecified atom stereocenters. The maximum Gasteiger partial charge on any atom is 0.416 e. The van der Waals surface area contributed by atoms with Crippen LogP contribution in [0.2, 0.25) is 0 Å². The lowest BCUT2D eigenvalue weighted by Gasteiger charge is -2.32. The summed E-state index contributed by atoms with van der Waals surface area (Å²) >= 11 is 0. The Hall–Kier alpha value is -5.47. The number of fused-ring (bicyclic) bond motifs is 1. The summed E-state index contributed by atoms with van der Waals surface area (Å²) in [5.74, 6) is -0.135. The number of imidazole rings is 1. The summed E-state index contributed by atoms with van der Waals surface area (Å²) in [5, 5.41) is 7.32. The van der Waals surface area contributed by atoms with Crippen molar-refractivity contribution in [1.29, 1.82) is 0 Å². The molecule has 0 spiro atoms. The molecular weight excluding hydrogens is 630 g/mol. The van der Waals surface area contributed by atoms with Crippen molar-refractivity contribution < 1.29 is 31.9 Å². The molecule has 4 N–H and O–H groups in total. The molecular formula is C34H31F4N7O3. The average Bonchev–Trinajstić information content (AvgIpc) is 3.45. The van der Waals surface area contributed by atoms with E-state index >= 15 is 0 Å². The number of aromatic amines is 1. The molecule has 5 aromatic rings. The first-order valence-corrected chi connectivity index (χ1v) is 15.0. The molecule has 1 saturated heterocycles. The number of nitrogens with one attached hydrogen (secondary N) is 4. The van der Waals surface area contributed by atoms with Crippen molar-refractivity contribution in [2.75, 3.05) is 49.2 Å². The maximum absolute atomic E-state index is 14.0. The Balaban J connectivity index is 1.02. The Bertz CT molecular complexity index is 1920. The second kappa shape index (κ2) is 13.7. The molecule has 0 bridgehead atoms. The molecule has 0 aliphatic carbocycles. The van der Waals surface area contributed by atoms with Crippen LogP contribution in [0, 0.1) is 5.82 Å². The minimum Gasteiger partial charge on any atom is -0.457 e. The molecule has 4 aromatic carbocycles. The fourth-order valence-corrected chi connectivity index (χ4v) is 5.14. The SMILES string of the molecule is CN1CCN(Cc2ccc(C(=O)Nc3nc4cc(Oc5ccc(NC(=O)Nc6cc(C(F)(F)F)ccc6F)cc5)ccc4[nH]3)cc2)CC1. The number of anilines is 3. The Kier molecular flexibility index (Phi) is 9.28. The number of H-pyrrole nitrogens is 1. The number of rotatable bonds is 8. The molecule has 0 saturated carbocycles. The lowest BCUT2D eigenvalue weighted by molar-refractivity contribution is -0.137. The molecule has 14 heteroatoms. The van der Waals surface area contributed by atoms with Gasteiger partial charge in [0.1, 0.15) is 17.3 Å². The Morgan fingerprint density at radius 2 is 1.56 bits per heavy atom. The maximum atomic E-state index is 14.0. The summed E-state index contributed by atoms with van der Waals surface area (Å²) in [6.45, 7) is 4.97. The summed E-state index contributed by atoms with van der Waals surface area (Å²) in [6, 6.07) is 19.7. The van der Waals surface area contributed by atoms with Crippen LogP contribution >= 0.6 is 0 Å². The van der Waals surface area contributed by atoms with Crippen molar-refractivity contribution in [3.05, 3.63) is 107 Å². The monoisotopic (exact) mass is 661 g/mol. The van der Waals surface area contributed by atoms with Gasteiger partial charge in [0, 0.05) is 50.0 Å². The lowest BCUT2D eigenvalue weighted by atomic mass is 10.1. The second-order valence-electron chi connectivity index (χ2n) is 11.4. The van der Waals surface area contributed by atoms with Crippen molar-refractivity contribution in [3.63, 3.8) is 0 Å². The van der Waals surface area contributed by atoms with Gasteiger partial charge in [-0.05, 0) is 79.3 Å². The number of ether oxygens (including phenoxy) is 1. The van der Waals surface area contributed by atoms with Gasteiger partial charge in [-0.3, -0.25) is 15.0 Å². The Labute approximate surface area is 272 Å². The van der Waals surface area contributed by atoms with Gasteiger partial charge < -0.3 is 25.3 Å². The van der Waals surface area contributed by atoms with E-state index < -0.39 is 29.3 Å². The zero-order valence-electron chi connectivity index (χ0n) is 25.7. The summed E-state index contributed by atoms with van der Waals surface area (Å²) < 4.78 is 58.7. The standard InChI is InChI=1S/C34H31F4N7O3/c1-44-14-16-45(17-15-44)20-21-2-4-22(5-3-21)31(46)43-32-40-28-13-11-26(19-30(28)41-32)48-25-9-7-24(8-10-25)39-33(47)42-29-18-23(34(36,37)38)6-12-27(29)35/h2-13,18-19H,14-17,20H2,1H3,(H2,39,42,47)(H2,40,41,43,46). The van der Waals surface area contributed by atoms with Crippen LogP contribution in [0.5, 0.6) is 11.5 Å². The number of alkyl halides is 3. The van der Waals surface area contributed by atoms with Gasteiger partial charge in [0.05, 0.1) is 22.3 Å². The topological polar surface area (TPSA) is 115 Å². The van der Waals surface area contributed by atoms with Crippen LogP contribution in [0.4, 0.5) is 39.7 Å². The molecule has 2 heterocycles. The first kappa shape index (κ1) is 32.5. The third kappa shape index (κ3) is 8.08. The molecule has 48 heavy (non-hydrogen) atoms. The number of piperazine rings is 1. The average molecular weight is 662 g/mol. The van der Waals surface area contributed by atoms with E-state index in [0.717, 1.165) is 38.3 Å². The predicted octanol–water partition coefficient (Wildman–Crippen LogP) is 7.16. The Morgan fingerprint density at radius 3 is 2.27 bits per heavy atom. The summed E-state index contributed by atoms with van der Waals surface area (Å²) in [4.78, 5) is 37.4. The number of amides is 3. The van der Waals surface area contributed by atoms with Crippen molar-refractivity contribution in [2.24, 2.45) is 0 Å². The minimum absolute atomic E-state index is 0.285. The minimum atomic E-state index is -4.69. The first-order chi connectivity index (χ1) is 23.0. The molecule has 1 aliphatic rings. The molecule has 1 fully saturated rings. The van der Waals surface area contributed by atoms with Gasteiger partial charge in [-0.2, -0.15) is 13.2 Å². The number of nitrogens with zero attached hydrogens (tertiary/aromatic N) is 3. The fraction of sp³-hybridized carbons (Fsp3) is 0.206. The van der Waals surface area contributed by atoms with Crippen LogP contribution in [0.25, 0.3) is 11.0 Å². The van der Waals surface area contributed by atoms with Crippen molar-refractivity contribution in [3.8, 4) is 11.5 Å². The number of benzene rings is 4. The van der Waals surface area contributed by atoms with Crippen LogP contribution in [-0.2, 0) is 12.7 Å². The van der Waals surface area contributed by atoms with Crippen molar-refractivity contribution >= 4 is 40.3 Å². The van der Waals surface area contributed by atoms with Crippen LogP contribution in [0.1, 0.15) is 21.5 Å². The third-order valence-electron chi connectivity index (χ3n) is 7.79. The van der Waals surface area contributed by atoms with Crippen LogP contribution < -0.4 is 20.7 Å². The quantitative estimate of drug-likeness (QED) is 0.131. The Morgan fingerprint density at radius 1 is 0.854 bits per heavy atom. The van der Waals surface area contributed by atoms with Gasteiger partial charge in [-0.1, -0.05) is 12.1 Å².